The van der Waals surface area contributed by atoms with Gasteiger partial charge in [-0.3, -0.25) is 4.57 Å². The second kappa shape index (κ2) is 8.14. The van der Waals surface area contributed by atoms with Crippen molar-refractivity contribution in [1.82, 2.24) is 20.3 Å². The van der Waals surface area contributed by atoms with Crippen molar-refractivity contribution in [2.75, 3.05) is 31.5 Å². The van der Waals surface area contributed by atoms with Crippen molar-refractivity contribution in [3.05, 3.63) is 58.3 Å². The Hall–Kier alpha value is -3.48. The van der Waals surface area contributed by atoms with E-state index >= 15 is 0 Å². The Morgan fingerprint density at radius 1 is 1.39 bits per heavy atom. The molecule has 33 heavy (non-hydrogen) atoms. The molecule has 2 aromatic rings. The Kier molecular flexibility index (Phi) is 5.27. The van der Waals surface area contributed by atoms with E-state index in [1.165, 1.54) is 0 Å². The van der Waals surface area contributed by atoms with Crippen molar-refractivity contribution in [2.45, 2.75) is 25.0 Å². The van der Waals surface area contributed by atoms with Crippen molar-refractivity contribution >= 4 is 24.5 Å². The molecule has 1 fully saturated rings. The molecule has 2 atom stereocenters. The summed E-state index contributed by atoms with van der Waals surface area (Å²) in [5.41, 5.74) is 4.63. The first-order chi connectivity index (χ1) is 15.8. The van der Waals surface area contributed by atoms with E-state index in [1.807, 2.05) is 24.3 Å². The molecule has 5 rings (SSSR count). The molecule has 0 spiro atoms. The fourth-order valence-electron chi connectivity index (χ4n) is 4.21. The zero-order valence-corrected chi connectivity index (χ0v) is 19.1. The molecule has 0 saturated carbocycles. The molecule has 1 aromatic carbocycles. The van der Waals surface area contributed by atoms with Crippen LogP contribution in [0.4, 0.5) is 5.69 Å². The SMILES string of the molecule is CP(C)(=O)OCC1O[N+](=O)N2c3ccc(C4=CC=C(n5cc(CC#N)nn5)NC4)cc3CC12. The van der Waals surface area contributed by atoms with Crippen molar-refractivity contribution in [3.63, 3.8) is 0 Å². The highest BCUT2D eigenvalue weighted by atomic mass is 31.2. The normalized spacial score (nSPS) is 21.5. The number of nitrogens with zero attached hydrogens (tertiary/aromatic N) is 6. The number of hydrazine groups is 1. The van der Waals surface area contributed by atoms with Gasteiger partial charge in [-0.15, -0.1) is 5.10 Å². The average molecular weight is 468 g/mol. The Labute approximate surface area is 190 Å². The van der Waals surface area contributed by atoms with Gasteiger partial charge in [0.15, 0.2) is 7.37 Å². The summed E-state index contributed by atoms with van der Waals surface area (Å²) in [6, 6.07) is 7.87. The lowest BCUT2D eigenvalue weighted by atomic mass is 9.99. The third-order valence-corrected chi connectivity index (χ3v) is 6.54. The van der Waals surface area contributed by atoms with Gasteiger partial charge < -0.3 is 9.84 Å². The van der Waals surface area contributed by atoms with Gasteiger partial charge in [0, 0.05) is 26.3 Å². The molecule has 11 nitrogen and oxygen atoms in total. The lowest BCUT2D eigenvalue weighted by molar-refractivity contribution is -0.795. The molecule has 0 bridgehead atoms. The van der Waals surface area contributed by atoms with Crippen LogP contribution in [0, 0.1) is 16.2 Å². The van der Waals surface area contributed by atoms with Gasteiger partial charge in [-0.05, 0) is 34.9 Å². The van der Waals surface area contributed by atoms with Crippen molar-refractivity contribution < 1.29 is 19.0 Å². The van der Waals surface area contributed by atoms with E-state index < -0.39 is 13.5 Å². The number of allylic oxidation sites excluding steroid dienone is 2. The quantitative estimate of drug-likeness (QED) is 0.635. The van der Waals surface area contributed by atoms with Gasteiger partial charge in [0.2, 0.25) is 6.10 Å². The molecule has 0 radical (unpaired) electrons. The Bertz CT molecular complexity index is 1270. The van der Waals surface area contributed by atoms with Crippen LogP contribution in [-0.2, 0) is 26.8 Å². The monoisotopic (exact) mass is 468 g/mol. The molecule has 1 N–H and O–H groups in total. The molecular formula is C21H23N7O4P+. The van der Waals surface area contributed by atoms with Gasteiger partial charge in [-0.25, -0.2) is 4.68 Å². The van der Waals surface area contributed by atoms with E-state index in [1.54, 1.807) is 29.2 Å². The predicted molar refractivity (Wildman–Crippen MR) is 120 cm³/mol. The maximum absolute atomic E-state index is 12.4. The van der Waals surface area contributed by atoms with Gasteiger partial charge in [0.1, 0.15) is 29.1 Å². The van der Waals surface area contributed by atoms with E-state index in [9.17, 15) is 9.47 Å². The summed E-state index contributed by atoms with van der Waals surface area (Å²) in [6.07, 6.45) is 6.04. The smallest absolute Gasteiger partial charge is 0.365 e. The molecule has 0 aliphatic carbocycles. The summed E-state index contributed by atoms with van der Waals surface area (Å²) in [7, 11) is -2.67. The van der Waals surface area contributed by atoms with Gasteiger partial charge in [-0.1, -0.05) is 22.4 Å². The van der Waals surface area contributed by atoms with Crippen LogP contribution in [0.5, 0.6) is 0 Å². The molecule has 0 amide bonds. The summed E-state index contributed by atoms with van der Waals surface area (Å²) in [6.45, 7) is 3.79. The zero-order chi connectivity index (χ0) is 23.2. The van der Waals surface area contributed by atoms with Crippen molar-refractivity contribution in [3.8, 4) is 6.07 Å². The highest BCUT2D eigenvalue weighted by Crippen LogP contribution is 2.42. The number of dihydropyridines is 1. The molecule has 4 heterocycles. The first kappa shape index (κ1) is 21.4. The van der Waals surface area contributed by atoms with Gasteiger partial charge >= 0.3 is 5.03 Å². The van der Waals surface area contributed by atoms with Crippen LogP contribution in [0.25, 0.3) is 11.4 Å². The molecule has 3 aliphatic heterocycles. The van der Waals surface area contributed by atoms with Crippen LogP contribution >= 0.6 is 7.37 Å². The number of hydrogen-bond acceptors (Lipinski definition) is 8. The molecule has 3 aliphatic rings. The van der Waals surface area contributed by atoms with Crippen LogP contribution in [0.3, 0.4) is 0 Å². The third-order valence-electron chi connectivity index (χ3n) is 5.77. The maximum Gasteiger partial charge on any atom is 0.365 e. The van der Waals surface area contributed by atoms with Crippen LogP contribution < -0.4 is 10.3 Å². The van der Waals surface area contributed by atoms with Crippen LogP contribution in [-0.4, -0.2) is 58.7 Å². The number of rotatable bonds is 6. The summed E-state index contributed by atoms with van der Waals surface area (Å²) in [5.74, 6) is 0.781. The van der Waals surface area contributed by atoms with E-state index in [2.05, 4.69) is 27.8 Å². The summed E-state index contributed by atoms with van der Waals surface area (Å²) in [4.78, 5) is 17.8. The lowest BCUT2D eigenvalue weighted by Gasteiger charge is -2.17. The van der Waals surface area contributed by atoms with Gasteiger partial charge in [0.25, 0.3) is 0 Å². The summed E-state index contributed by atoms with van der Waals surface area (Å²) in [5, 5.41) is 22.3. The van der Waals surface area contributed by atoms with E-state index in [0.717, 1.165) is 28.2 Å². The van der Waals surface area contributed by atoms with Crippen molar-refractivity contribution in [1.29, 1.82) is 5.26 Å². The second-order valence-corrected chi connectivity index (χ2v) is 11.2. The molecular weight excluding hydrogens is 445 g/mol. The Balaban J connectivity index is 1.33. The first-order valence-electron chi connectivity index (χ1n) is 10.5. The minimum absolute atomic E-state index is 0.103. The predicted octanol–water partition coefficient (Wildman–Crippen LogP) is 2.12. The number of aromatic nitrogens is 3. The molecule has 12 heteroatoms. The highest BCUT2D eigenvalue weighted by molar-refractivity contribution is 7.57. The number of benzene rings is 1. The van der Waals surface area contributed by atoms with Crippen LogP contribution in [0.2, 0.25) is 0 Å². The minimum atomic E-state index is -2.67. The number of nitriles is 1. The lowest BCUT2D eigenvalue weighted by Crippen LogP contribution is -2.35. The van der Waals surface area contributed by atoms with Crippen molar-refractivity contribution in [2.24, 2.45) is 0 Å². The zero-order valence-electron chi connectivity index (χ0n) is 18.2. The Morgan fingerprint density at radius 3 is 2.97 bits per heavy atom. The van der Waals surface area contributed by atoms with E-state index in [-0.39, 0.29) is 19.1 Å². The van der Waals surface area contributed by atoms with Gasteiger partial charge in [0.05, 0.1) is 24.4 Å². The first-order valence-corrected chi connectivity index (χ1v) is 13.0. The van der Waals surface area contributed by atoms with Gasteiger partial charge in [-0.2, -0.15) is 10.1 Å². The Morgan fingerprint density at radius 2 is 2.24 bits per heavy atom. The van der Waals surface area contributed by atoms with Crippen LogP contribution in [0.1, 0.15) is 16.8 Å². The second-order valence-electron chi connectivity index (χ2n) is 8.48. The van der Waals surface area contributed by atoms with E-state index in [0.29, 0.717) is 23.7 Å². The number of anilines is 1. The fraction of sp³-hybridized carbons (Fsp3) is 0.381. The topological polar surface area (TPSA) is 125 Å². The largest absolute Gasteiger partial charge is 0.366 e. The molecule has 170 valence electrons. The maximum atomic E-state index is 12.4. The molecule has 2 unspecified atom stereocenters. The number of hydrogen-bond donors (Lipinski definition) is 1. The number of nitrogens with one attached hydrogen (secondary N) is 1. The van der Waals surface area contributed by atoms with E-state index in [4.69, 9.17) is 14.6 Å². The fourth-order valence-corrected chi connectivity index (χ4v) is 4.71. The summed E-state index contributed by atoms with van der Waals surface area (Å²) >= 11 is 0. The molecule has 1 aromatic heterocycles. The average Bonchev–Trinajstić information content (AvgIpc) is 3.47. The van der Waals surface area contributed by atoms with Crippen LogP contribution in [0.15, 0.2) is 36.5 Å². The highest BCUT2D eigenvalue weighted by Gasteiger charge is 2.55. The summed E-state index contributed by atoms with van der Waals surface area (Å²) < 4.78 is 19.0. The minimum Gasteiger partial charge on any atom is -0.366 e. The standard InChI is InChI=1S/C21H23N7O4P/c1-33(2,30)31-13-20-19-10-16-9-14(3-5-18(16)27(19)28(29)32-20)15-4-6-21(23-11-15)26-12-17(7-8-22)24-25-26/h3-6,9,12,19-20,23H,7,10-11,13H2,1-2H3/q+1. The third kappa shape index (κ3) is 4.15. The molecule has 1 saturated heterocycles. The number of fused-ring (bicyclic) bond motifs is 3.